The van der Waals surface area contributed by atoms with E-state index < -0.39 is 0 Å². The molecule has 0 atom stereocenters. The summed E-state index contributed by atoms with van der Waals surface area (Å²) in [6.07, 6.45) is 1.29. The summed E-state index contributed by atoms with van der Waals surface area (Å²) in [5.41, 5.74) is 0.891. The van der Waals surface area contributed by atoms with Crippen LogP contribution in [-0.2, 0) is 4.79 Å². The first-order valence-electron chi connectivity index (χ1n) is 6.29. The summed E-state index contributed by atoms with van der Waals surface area (Å²) in [6, 6.07) is 5.60. The molecule has 2 heterocycles. The Morgan fingerprint density at radius 2 is 2.20 bits per heavy atom. The number of rotatable bonds is 4. The minimum Gasteiger partial charge on any atom is -0.454 e. The molecule has 7 heteroatoms. The van der Waals surface area contributed by atoms with Gasteiger partial charge in [0.1, 0.15) is 5.01 Å². The third-order valence-corrected chi connectivity index (χ3v) is 3.66. The molecular weight excluding hydrogens is 278 g/mol. The van der Waals surface area contributed by atoms with Crippen molar-refractivity contribution in [1.29, 1.82) is 0 Å². The molecule has 1 aliphatic rings. The molecule has 0 aliphatic carbocycles. The van der Waals surface area contributed by atoms with Gasteiger partial charge in [-0.05, 0) is 24.6 Å². The van der Waals surface area contributed by atoms with Gasteiger partial charge in [0.05, 0.1) is 0 Å². The monoisotopic (exact) mass is 291 g/mol. The maximum Gasteiger partial charge on any atom is 0.231 e. The van der Waals surface area contributed by atoms with Crippen molar-refractivity contribution in [2.45, 2.75) is 19.8 Å². The van der Waals surface area contributed by atoms with E-state index >= 15 is 0 Å². The van der Waals surface area contributed by atoms with E-state index in [1.807, 2.05) is 25.1 Å². The zero-order chi connectivity index (χ0) is 13.9. The number of ether oxygens (including phenoxy) is 2. The number of amides is 1. The van der Waals surface area contributed by atoms with Crippen LogP contribution in [0.2, 0.25) is 0 Å². The van der Waals surface area contributed by atoms with Crippen LogP contribution in [0.4, 0.5) is 5.13 Å². The highest BCUT2D eigenvalue weighted by Gasteiger charge is 2.16. The highest BCUT2D eigenvalue weighted by atomic mass is 32.1. The van der Waals surface area contributed by atoms with Crippen molar-refractivity contribution in [3.8, 4) is 22.1 Å². The number of hydrogen-bond acceptors (Lipinski definition) is 6. The number of carbonyl (C=O) groups is 1. The summed E-state index contributed by atoms with van der Waals surface area (Å²) in [5, 5.41) is 12.0. The zero-order valence-corrected chi connectivity index (χ0v) is 11.7. The number of benzene rings is 1. The molecule has 1 N–H and O–H groups in total. The molecule has 0 unspecified atom stereocenters. The lowest BCUT2D eigenvalue weighted by atomic mass is 10.2. The van der Waals surface area contributed by atoms with E-state index in [0.717, 1.165) is 22.7 Å². The molecule has 104 valence electrons. The molecule has 1 aliphatic heterocycles. The lowest BCUT2D eigenvalue weighted by Gasteiger charge is -1.98. The van der Waals surface area contributed by atoms with Crippen LogP contribution in [0.15, 0.2) is 18.2 Å². The number of aromatic nitrogens is 2. The summed E-state index contributed by atoms with van der Waals surface area (Å²) >= 11 is 1.34. The molecule has 1 aromatic heterocycles. The molecule has 0 saturated heterocycles. The topological polar surface area (TPSA) is 73.3 Å². The first kappa shape index (κ1) is 12.9. The van der Waals surface area contributed by atoms with Gasteiger partial charge in [-0.25, -0.2) is 0 Å². The molecule has 6 nitrogen and oxygen atoms in total. The molecular formula is C13H13N3O3S. The normalized spacial score (nSPS) is 12.4. The highest BCUT2D eigenvalue weighted by molar-refractivity contribution is 7.18. The third kappa shape index (κ3) is 2.57. The van der Waals surface area contributed by atoms with E-state index in [2.05, 4.69) is 15.5 Å². The molecule has 0 saturated carbocycles. The molecule has 0 bridgehead atoms. The van der Waals surface area contributed by atoms with Gasteiger partial charge in [0.25, 0.3) is 0 Å². The quantitative estimate of drug-likeness (QED) is 0.937. The minimum atomic E-state index is -0.0408. The van der Waals surface area contributed by atoms with Crippen molar-refractivity contribution < 1.29 is 14.3 Å². The molecule has 0 fully saturated rings. The van der Waals surface area contributed by atoms with Gasteiger partial charge >= 0.3 is 0 Å². The number of carbonyl (C=O) groups excluding carboxylic acids is 1. The van der Waals surface area contributed by atoms with Gasteiger partial charge in [0, 0.05) is 12.0 Å². The van der Waals surface area contributed by atoms with Crippen LogP contribution in [0.5, 0.6) is 11.5 Å². The maximum absolute atomic E-state index is 11.5. The fraction of sp³-hybridized carbons (Fsp3) is 0.308. The van der Waals surface area contributed by atoms with Crippen molar-refractivity contribution in [1.82, 2.24) is 10.2 Å². The van der Waals surface area contributed by atoms with Gasteiger partial charge < -0.3 is 14.8 Å². The predicted molar refractivity (Wildman–Crippen MR) is 75.0 cm³/mol. The standard InChI is InChI=1S/C13H13N3O3S/c1-2-3-11(17)14-13-16-15-12(20-13)8-4-5-9-10(6-8)19-7-18-9/h4-6H,2-3,7H2,1H3,(H,14,16,17). The molecule has 0 radical (unpaired) electrons. The minimum absolute atomic E-state index is 0.0408. The van der Waals surface area contributed by atoms with Crippen molar-refractivity contribution in [3.63, 3.8) is 0 Å². The van der Waals surface area contributed by atoms with Crippen LogP contribution < -0.4 is 14.8 Å². The Hall–Kier alpha value is -2.15. The summed E-state index contributed by atoms with van der Waals surface area (Å²) < 4.78 is 10.6. The maximum atomic E-state index is 11.5. The predicted octanol–water partition coefficient (Wildman–Crippen LogP) is 2.67. The van der Waals surface area contributed by atoms with Crippen molar-refractivity contribution in [2.24, 2.45) is 0 Å². The van der Waals surface area contributed by atoms with Crippen LogP contribution >= 0.6 is 11.3 Å². The molecule has 1 aromatic carbocycles. The van der Waals surface area contributed by atoms with E-state index in [-0.39, 0.29) is 12.7 Å². The van der Waals surface area contributed by atoms with Crippen molar-refractivity contribution in [2.75, 3.05) is 12.1 Å². The summed E-state index contributed by atoms with van der Waals surface area (Å²) in [4.78, 5) is 11.5. The summed E-state index contributed by atoms with van der Waals surface area (Å²) in [5.74, 6) is 1.39. The molecule has 2 aromatic rings. The smallest absolute Gasteiger partial charge is 0.231 e. The fourth-order valence-corrected chi connectivity index (χ4v) is 2.58. The Balaban J connectivity index is 1.78. The number of anilines is 1. The van der Waals surface area contributed by atoms with E-state index in [9.17, 15) is 4.79 Å². The number of nitrogens with zero attached hydrogens (tertiary/aromatic N) is 2. The van der Waals surface area contributed by atoms with Gasteiger partial charge in [-0.15, -0.1) is 10.2 Å². The molecule has 0 spiro atoms. The summed E-state index contributed by atoms with van der Waals surface area (Å²) in [6.45, 7) is 2.20. The second-order valence-corrected chi connectivity index (χ2v) is 5.26. The lowest BCUT2D eigenvalue weighted by molar-refractivity contribution is -0.116. The summed E-state index contributed by atoms with van der Waals surface area (Å²) in [7, 11) is 0. The van der Waals surface area contributed by atoms with Crippen LogP contribution in [0.25, 0.3) is 10.6 Å². The first-order valence-corrected chi connectivity index (χ1v) is 7.11. The van der Waals surface area contributed by atoms with Crippen LogP contribution in [0.3, 0.4) is 0 Å². The average Bonchev–Trinajstić information content (AvgIpc) is 3.06. The van der Waals surface area contributed by atoms with Gasteiger partial charge in [0.15, 0.2) is 11.5 Å². The molecule has 1 amide bonds. The highest BCUT2D eigenvalue weighted by Crippen LogP contribution is 2.37. The van der Waals surface area contributed by atoms with E-state index in [0.29, 0.717) is 17.3 Å². The Labute approximate surface area is 119 Å². The second-order valence-electron chi connectivity index (χ2n) is 4.28. The Morgan fingerprint density at radius 3 is 3.05 bits per heavy atom. The Kier molecular flexibility index (Phi) is 3.51. The van der Waals surface area contributed by atoms with Gasteiger partial charge in [-0.2, -0.15) is 0 Å². The fourth-order valence-electron chi connectivity index (χ4n) is 1.83. The largest absolute Gasteiger partial charge is 0.454 e. The SMILES string of the molecule is CCCC(=O)Nc1nnc(-c2ccc3c(c2)OCO3)s1. The molecule has 3 rings (SSSR count). The van der Waals surface area contributed by atoms with Gasteiger partial charge in [0.2, 0.25) is 17.8 Å². The van der Waals surface area contributed by atoms with Gasteiger partial charge in [-0.3, -0.25) is 4.79 Å². The van der Waals surface area contributed by atoms with Gasteiger partial charge in [-0.1, -0.05) is 18.3 Å². The number of hydrogen-bond donors (Lipinski definition) is 1. The molecule has 20 heavy (non-hydrogen) atoms. The second kappa shape index (κ2) is 5.46. The Bertz CT molecular complexity index is 642. The van der Waals surface area contributed by atoms with Crippen LogP contribution in [0, 0.1) is 0 Å². The average molecular weight is 291 g/mol. The van der Waals surface area contributed by atoms with E-state index in [1.54, 1.807) is 0 Å². The van der Waals surface area contributed by atoms with Crippen LogP contribution in [-0.4, -0.2) is 22.9 Å². The number of nitrogens with one attached hydrogen (secondary N) is 1. The van der Waals surface area contributed by atoms with Crippen molar-refractivity contribution >= 4 is 22.4 Å². The third-order valence-electron chi connectivity index (χ3n) is 2.77. The van der Waals surface area contributed by atoms with E-state index in [4.69, 9.17) is 9.47 Å². The Morgan fingerprint density at radius 1 is 1.35 bits per heavy atom. The van der Waals surface area contributed by atoms with Crippen molar-refractivity contribution in [3.05, 3.63) is 18.2 Å². The lowest BCUT2D eigenvalue weighted by Crippen LogP contribution is -2.10. The van der Waals surface area contributed by atoms with E-state index in [1.165, 1.54) is 11.3 Å². The zero-order valence-electron chi connectivity index (χ0n) is 10.9. The number of fused-ring (bicyclic) bond motifs is 1. The first-order chi connectivity index (χ1) is 9.76. The van der Waals surface area contributed by atoms with Crippen LogP contribution in [0.1, 0.15) is 19.8 Å².